The van der Waals surface area contributed by atoms with Gasteiger partial charge in [0.25, 0.3) is 0 Å². The molecule has 0 aromatic heterocycles. The van der Waals surface area contributed by atoms with Crippen LogP contribution in [0.5, 0.6) is 0 Å². The van der Waals surface area contributed by atoms with Crippen molar-refractivity contribution in [2.45, 2.75) is 31.7 Å². The highest BCUT2D eigenvalue weighted by atomic mass is 32.3. The zero-order valence-corrected chi connectivity index (χ0v) is 7.74. The van der Waals surface area contributed by atoms with Crippen LogP contribution in [0.25, 0.3) is 0 Å². The Morgan fingerprint density at radius 3 is 2.50 bits per heavy atom. The first-order chi connectivity index (χ1) is 5.58. The van der Waals surface area contributed by atoms with Gasteiger partial charge in [0.05, 0.1) is 5.75 Å². The van der Waals surface area contributed by atoms with E-state index < -0.39 is 10.2 Å². The molecule has 0 aromatic carbocycles. The van der Waals surface area contributed by atoms with Gasteiger partial charge in [-0.25, -0.2) is 0 Å². The van der Waals surface area contributed by atoms with E-state index in [1.165, 1.54) is 12.8 Å². The lowest BCUT2D eigenvalue weighted by molar-refractivity contribution is 0.545. The van der Waals surface area contributed by atoms with Crippen LogP contribution in [0.4, 0.5) is 3.89 Å². The lowest BCUT2D eigenvalue weighted by Crippen LogP contribution is -2.17. The van der Waals surface area contributed by atoms with Crippen molar-refractivity contribution >= 4 is 10.2 Å². The van der Waals surface area contributed by atoms with Crippen molar-refractivity contribution in [2.24, 2.45) is 0 Å². The number of hydrogen-bond donors (Lipinski definition) is 1. The van der Waals surface area contributed by atoms with Crippen molar-refractivity contribution in [3.05, 3.63) is 0 Å². The minimum atomic E-state index is -4.24. The predicted molar refractivity (Wildman–Crippen MR) is 45.2 cm³/mol. The Labute approximate surface area is 72.6 Å². The van der Waals surface area contributed by atoms with Crippen molar-refractivity contribution in [3.63, 3.8) is 0 Å². The van der Waals surface area contributed by atoms with E-state index in [4.69, 9.17) is 0 Å². The normalized spacial score (nSPS) is 18.1. The zero-order valence-electron chi connectivity index (χ0n) is 6.92. The van der Waals surface area contributed by atoms with Gasteiger partial charge in [-0.05, 0) is 32.2 Å². The fourth-order valence-corrected chi connectivity index (χ4v) is 1.54. The van der Waals surface area contributed by atoms with Crippen LogP contribution in [-0.4, -0.2) is 26.8 Å². The minimum Gasteiger partial charge on any atom is -0.314 e. The Morgan fingerprint density at radius 2 is 2.00 bits per heavy atom. The van der Waals surface area contributed by atoms with Crippen LogP contribution in [0.15, 0.2) is 0 Å². The van der Waals surface area contributed by atoms with Gasteiger partial charge < -0.3 is 5.32 Å². The van der Waals surface area contributed by atoms with E-state index in [1.54, 1.807) is 0 Å². The summed E-state index contributed by atoms with van der Waals surface area (Å²) >= 11 is 0. The molecule has 0 aromatic rings. The first kappa shape index (κ1) is 9.92. The molecule has 0 bridgehead atoms. The van der Waals surface area contributed by atoms with Gasteiger partial charge in [0.15, 0.2) is 0 Å². The molecule has 0 atom stereocenters. The second kappa shape index (κ2) is 4.18. The molecule has 1 saturated carbocycles. The third-order valence-electron chi connectivity index (χ3n) is 1.83. The second-order valence-electron chi connectivity index (χ2n) is 3.18. The van der Waals surface area contributed by atoms with Crippen molar-refractivity contribution in [2.75, 3.05) is 12.3 Å². The maximum Gasteiger partial charge on any atom is 0.302 e. The number of nitrogens with one attached hydrogen (secondary N) is 1. The van der Waals surface area contributed by atoms with E-state index in [0.29, 0.717) is 12.5 Å². The molecule has 3 nitrogen and oxygen atoms in total. The monoisotopic (exact) mass is 195 g/mol. The van der Waals surface area contributed by atoms with Gasteiger partial charge in [0, 0.05) is 6.04 Å². The average Bonchev–Trinajstić information content (AvgIpc) is 2.68. The standard InChI is InChI=1S/C7H14FNO2S/c8-12(10,11)6-2-1-5-9-7-3-4-7/h7,9H,1-6H2. The van der Waals surface area contributed by atoms with Crippen LogP contribution in [0.2, 0.25) is 0 Å². The van der Waals surface area contributed by atoms with Crippen molar-refractivity contribution in [1.29, 1.82) is 0 Å². The van der Waals surface area contributed by atoms with E-state index in [-0.39, 0.29) is 5.75 Å². The molecule has 0 spiro atoms. The van der Waals surface area contributed by atoms with Gasteiger partial charge in [-0.1, -0.05) is 0 Å². The molecule has 0 saturated heterocycles. The summed E-state index contributed by atoms with van der Waals surface area (Å²) < 4.78 is 32.0. The lowest BCUT2D eigenvalue weighted by atomic mass is 10.3. The third-order valence-corrected chi connectivity index (χ3v) is 2.60. The first-order valence-corrected chi connectivity index (χ1v) is 5.79. The van der Waals surface area contributed by atoms with Crippen LogP contribution in [-0.2, 0) is 10.2 Å². The van der Waals surface area contributed by atoms with E-state index in [2.05, 4.69) is 5.32 Å². The maximum absolute atomic E-state index is 11.9. The van der Waals surface area contributed by atoms with Gasteiger partial charge in [0.1, 0.15) is 0 Å². The summed E-state index contributed by atoms with van der Waals surface area (Å²) in [5, 5.41) is 3.23. The van der Waals surface area contributed by atoms with Gasteiger partial charge in [0.2, 0.25) is 0 Å². The van der Waals surface area contributed by atoms with Crippen LogP contribution < -0.4 is 5.32 Å². The smallest absolute Gasteiger partial charge is 0.302 e. The SMILES string of the molecule is O=S(=O)(F)CCCCNC1CC1. The maximum atomic E-state index is 11.9. The molecule has 12 heavy (non-hydrogen) atoms. The van der Waals surface area contributed by atoms with Crippen molar-refractivity contribution in [3.8, 4) is 0 Å². The predicted octanol–water partition coefficient (Wildman–Crippen LogP) is 0.818. The van der Waals surface area contributed by atoms with Gasteiger partial charge >= 0.3 is 10.2 Å². The largest absolute Gasteiger partial charge is 0.314 e. The topological polar surface area (TPSA) is 46.2 Å². The quantitative estimate of drug-likeness (QED) is 0.504. The molecule has 1 rings (SSSR count). The average molecular weight is 195 g/mol. The van der Waals surface area contributed by atoms with Gasteiger partial charge in [-0.15, -0.1) is 3.89 Å². The van der Waals surface area contributed by atoms with Crippen LogP contribution >= 0.6 is 0 Å². The molecule has 1 aliphatic carbocycles. The molecule has 1 aliphatic rings. The molecule has 5 heteroatoms. The minimum absolute atomic E-state index is 0.334. The lowest BCUT2D eigenvalue weighted by Gasteiger charge is -1.99. The molecule has 0 heterocycles. The van der Waals surface area contributed by atoms with Crippen molar-refractivity contribution in [1.82, 2.24) is 5.32 Å². The Bertz CT molecular complexity index is 224. The summed E-state index contributed by atoms with van der Waals surface area (Å²) in [5.74, 6) is -0.334. The van der Waals surface area contributed by atoms with Gasteiger partial charge in [-0.3, -0.25) is 0 Å². The highest BCUT2D eigenvalue weighted by Crippen LogP contribution is 2.18. The highest BCUT2D eigenvalue weighted by Gasteiger charge is 2.19. The van der Waals surface area contributed by atoms with E-state index in [0.717, 1.165) is 13.0 Å². The van der Waals surface area contributed by atoms with E-state index in [9.17, 15) is 12.3 Å². The van der Waals surface area contributed by atoms with Crippen LogP contribution in [0, 0.1) is 0 Å². The third kappa shape index (κ3) is 5.49. The Kier molecular flexibility index (Phi) is 3.46. The second-order valence-corrected chi connectivity index (χ2v) is 4.66. The number of halogens is 1. The number of rotatable bonds is 6. The fraction of sp³-hybridized carbons (Fsp3) is 1.00. The summed E-state index contributed by atoms with van der Waals surface area (Å²) in [4.78, 5) is 0. The van der Waals surface area contributed by atoms with Crippen molar-refractivity contribution < 1.29 is 12.3 Å². The Hall–Kier alpha value is -0.160. The summed E-state index contributed by atoms with van der Waals surface area (Å²) in [6, 6.07) is 0.645. The summed E-state index contributed by atoms with van der Waals surface area (Å²) in [6.07, 6.45) is 3.60. The van der Waals surface area contributed by atoms with E-state index >= 15 is 0 Å². The zero-order chi connectivity index (χ0) is 9.03. The Balaban J connectivity index is 1.88. The first-order valence-electron chi connectivity index (χ1n) is 4.24. The molecule has 0 amide bonds. The molecule has 72 valence electrons. The molecular weight excluding hydrogens is 181 g/mol. The molecular formula is C7H14FNO2S. The Morgan fingerprint density at radius 1 is 1.33 bits per heavy atom. The van der Waals surface area contributed by atoms with Crippen LogP contribution in [0.1, 0.15) is 25.7 Å². The molecule has 1 N–H and O–H groups in total. The molecule has 1 fully saturated rings. The highest BCUT2D eigenvalue weighted by molar-refractivity contribution is 7.86. The summed E-state index contributed by atoms with van der Waals surface area (Å²) in [5.41, 5.74) is 0. The molecule has 0 aliphatic heterocycles. The molecule has 0 radical (unpaired) electrons. The molecule has 0 unspecified atom stereocenters. The summed E-state index contributed by atoms with van der Waals surface area (Å²) in [7, 11) is -4.24. The fourth-order valence-electron chi connectivity index (χ4n) is 0.993. The number of hydrogen-bond acceptors (Lipinski definition) is 3. The van der Waals surface area contributed by atoms with Crippen LogP contribution in [0.3, 0.4) is 0 Å². The number of unbranched alkanes of at least 4 members (excludes halogenated alkanes) is 1. The summed E-state index contributed by atoms with van der Waals surface area (Å²) in [6.45, 7) is 0.806. The van der Waals surface area contributed by atoms with E-state index in [1.807, 2.05) is 0 Å². The van der Waals surface area contributed by atoms with Gasteiger partial charge in [-0.2, -0.15) is 8.42 Å².